The van der Waals surface area contributed by atoms with Crippen molar-refractivity contribution in [1.82, 2.24) is 0 Å². The standard InChI is InChI=1S/C38H32N2O10/c1-7-37(3,4)49-35(45)39-23-15-11-9-13-19(23)27(31(39)41)29-21-17-26-22(18-25(21)47-33(29)43)30(34(44)48-26)28-20-14-10-12-16-24(20)40(32(28)42)36(46)50-38(5,6)8-2/h9-18H,7-8H2,1-6H3/b29-27+,30-28+. The van der Waals surface area contributed by atoms with Crippen LogP contribution in [0, 0.1) is 0 Å². The topological polar surface area (TPSA) is 146 Å². The predicted molar refractivity (Wildman–Crippen MR) is 181 cm³/mol. The first-order valence-corrected chi connectivity index (χ1v) is 16.1. The molecule has 7 rings (SSSR count). The van der Waals surface area contributed by atoms with Crippen LogP contribution >= 0.6 is 0 Å². The SMILES string of the molecule is CCC(C)(C)OC(=O)N1C(=O)/C(=C2/C(=O)Oc3cc4c(cc32)OC(=O)/C4=C2/C(=O)N(C(=O)OC(C)(C)CC)c3ccccc32)c2ccccc21. The van der Waals surface area contributed by atoms with Gasteiger partial charge in [-0.2, -0.15) is 0 Å². The van der Waals surface area contributed by atoms with E-state index >= 15 is 0 Å². The van der Waals surface area contributed by atoms with Crippen LogP contribution in [0.15, 0.2) is 60.7 Å². The van der Waals surface area contributed by atoms with E-state index in [0.717, 1.165) is 9.80 Å². The molecule has 4 aliphatic heterocycles. The summed E-state index contributed by atoms with van der Waals surface area (Å²) in [6.07, 6.45) is -0.801. The summed E-state index contributed by atoms with van der Waals surface area (Å²) in [7, 11) is 0. The quantitative estimate of drug-likeness (QED) is 0.166. The number of fused-ring (bicyclic) bond motifs is 4. The van der Waals surface area contributed by atoms with Crippen LogP contribution < -0.4 is 19.3 Å². The Bertz CT molecular complexity index is 2020. The molecule has 0 aromatic heterocycles. The number of imide groups is 2. The van der Waals surface area contributed by atoms with E-state index in [2.05, 4.69) is 0 Å². The first-order valence-electron chi connectivity index (χ1n) is 16.1. The molecule has 4 aliphatic rings. The number of amides is 4. The molecule has 0 atom stereocenters. The number of nitrogens with zero attached hydrogens (tertiary/aromatic N) is 2. The summed E-state index contributed by atoms with van der Waals surface area (Å²) >= 11 is 0. The Morgan fingerprint density at radius 1 is 0.580 bits per heavy atom. The van der Waals surface area contributed by atoms with Gasteiger partial charge in [0.25, 0.3) is 11.8 Å². The molecule has 4 heterocycles. The molecule has 12 nitrogen and oxygen atoms in total. The summed E-state index contributed by atoms with van der Waals surface area (Å²) in [5.74, 6) is -3.27. The Morgan fingerprint density at radius 2 is 0.940 bits per heavy atom. The molecule has 4 amide bonds. The van der Waals surface area contributed by atoms with Gasteiger partial charge in [-0.05, 0) is 64.8 Å². The third-order valence-corrected chi connectivity index (χ3v) is 9.39. The molecular weight excluding hydrogens is 644 g/mol. The van der Waals surface area contributed by atoms with Gasteiger partial charge in [0.1, 0.15) is 22.7 Å². The molecule has 0 fully saturated rings. The number of anilines is 2. The third kappa shape index (κ3) is 4.89. The molecule has 0 radical (unpaired) electrons. The number of hydrogen-bond donors (Lipinski definition) is 0. The largest absolute Gasteiger partial charge is 0.443 e. The highest BCUT2D eigenvalue weighted by Gasteiger charge is 2.48. The lowest BCUT2D eigenvalue weighted by molar-refractivity contribution is -0.127. The number of esters is 2. The van der Waals surface area contributed by atoms with Gasteiger partial charge in [-0.1, -0.05) is 50.2 Å². The van der Waals surface area contributed by atoms with Crippen molar-refractivity contribution in [3.05, 3.63) is 82.9 Å². The minimum absolute atomic E-state index is 0.00534. The van der Waals surface area contributed by atoms with Gasteiger partial charge in [0, 0.05) is 22.3 Å². The summed E-state index contributed by atoms with van der Waals surface area (Å²) < 4.78 is 22.5. The van der Waals surface area contributed by atoms with E-state index in [1.54, 1.807) is 76.2 Å². The normalized spacial score (nSPS) is 19.2. The summed E-state index contributed by atoms with van der Waals surface area (Å²) in [5.41, 5.74) is -0.724. The highest BCUT2D eigenvalue weighted by atomic mass is 16.6. The number of ether oxygens (including phenoxy) is 4. The molecule has 254 valence electrons. The fourth-order valence-corrected chi connectivity index (χ4v) is 6.10. The smallest absolute Gasteiger partial charge is 0.422 e. The molecule has 3 aromatic carbocycles. The first kappa shape index (κ1) is 32.5. The highest BCUT2D eigenvalue weighted by Crippen LogP contribution is 2.52. The van der Waals surface area contributed by atoms with Crippen molar-refractivity contribution in [3.63, 3.8) is 0 Å². The van der Waals surface area contributed by atoms with Gasteiger partial charge >= 0.3 is 24.1 Å². The van der Waals surface area contributed by atoms with Crippen molar-refractivity contribution in [2.24, 2.45) is 0 Å². The molecule has 0 spiro atoms. The van der Waals surface area contributed by atoms with E-state index in [1.165, 1.54) is 12.1 Å². The van der Waals surface area contributed by atoms with E-state index in [9.17, 15) is 28.8 Å². The van der Waals surface area contributed by atoms with Crippen LogP contribution in [0.1, 0.15) is 76.6 Å². The molecular formula is C38H32N2O10. The summed E-state index contributed by atoms with van der Waals surface area (Å²) in [6.45, 7) is 10.6. The molecule has 0 bridgehead atoms. The van der Waals surface area contributed by atoms with Crippen molar-refractivity contribution in [2.75, 3.05) is 9.80 Å². The zero-order valence-corrected chi connectivity index (χ0v) is 28.2. The molecule has 3 aromatic rings. The second-order valence-electron chi connectivity index (χ2n) is 13.4. The monoisotopic (exact) mass is 676 g/mol. The minimum Gasteiger partial charge on any atom is -0.443 e. The van der Waals surface area contributed by atoms with Crippen LogP contribution in [-0.2, 0) is 28.7 Å². The molecule has 0 aliphatic carbocycles. The third-order valence-electron chi connectivity index (χ3n) is 9.39. The van der Waals surface area contributed by atoms with E-state index in [0.29, 0.717) is 24.0 Å². The Kier molecular flexibility index (Phi) is 7.32. The van der Waals surface area contributed by atoms with Crippen LogP contribution in [0.25, 0.3) is 22.3 Å². The summed E-state index contributed by atoms with van der Waals surface area (Å²) in [6, 6.07) is 15.8. The van der Waals surface area contributed by atoms with Crippen LogP contribution in [0.5, 0.6) is 11.5 Å². The van der Waals surface area contributed by atoms with Gasteiger partial charge < -0.3 is 18.9 Å². The van der Waals surface area contributed by atoms with Crippen molar-refractivity contribution in [3.8, 4) is 11.5 Å². The second kappa shape index (κ2) is 11.3. The number of benzene rings is 3. The van der Waals surface area contributed by atoms with E-state index in [-0.39, 0.29) is 56.3 Å². The van der Waals surface area contributed by atoms with Crippen molar-refractivity contribution in [1.29, 1.82) is 0 Å². The van der Waals surface area contributed by atoms with Gasteiger partial charge in [0.15, 0.2) is 0 Å². The van der Waals surface area contributed by atoms with Crippen molar-refractivity contribution < 1.29 is 47.7 Å². The lowest BCUT2D eigenvalue weighted by Crippen LogP contribution is -2.39. The molecule has 50 heavy (non-hydrogen) atoms. The second-order valence-corrected chi connectivity index (χ2v) is 13.4. The molecule has 0 N–H and O–H groups in total. The maximum atomic E-state index is 14.0. The molecule has 0 unspecified atom stereocenters. The van der Waals surface area contributed by atoms with Gasteiger partial charge in [-0.3, -0.25) is 9.59 Å². The van der Waals surface area contributed by atoms with Crippen molar-refractivity contribution in [2.45, 2.75) is 65.6 Å². The van der Waals surface area contributed by atoms with Crippen molar-refractivity contribution >= 4 is 69.6 Å². The molecule has 0 saturated heterocycles. The number of carbonyl (C=O) groups is 6. The number of rotatable bonds is 4. The van der Waals surface area contributed by atoms with Crippen LogP contribution in [0.3, 0.4) is 0 Å². The average molecular weight is 677 g/mol. The lowest BCUT2D eigenvalue weighted by Gasteiger charge is -2.26. The number of carbonyl (C=O) groups excluding carboxylic acids is 6. The number of para-hydroxylation sites is 2. The highest BCUT2D eigenvalue weighted by molar-refractivity contribution is 6.51. The molecule has 0 saturated carbocycles. The fraction of sp³-hybridized carbons (Fsp3) is 0.263. The van der Waals surface area contributed by atoms with Crippen LogP contribution in [0.2, 0.25) is 0 Å². The van der Waals surface area contributed by atoms with Crippen LogP contribution in [-0.4, -0.2) is 47.1 Å². The van der Waals surface area contributed by atoms with Gasteiger partial charge in [-0.15, -0.1) is 0 Å². The Hall–Kier alpha value is -6.04. The Balaban J connectivity index is 1.34. The fourth-order valence-electron chi connectivity index (χ4n) is 6.10. The van der Waals surface area contributed by atoms with Gasteiger partial charge in [-0.25, -0.2) is 29.0 Å². The van der Waals surface area contributed by atoms with Crippen LogP contribution in [0.4, 0.5) is 21.0 Å². The van der Waals surface area contributed by atoms with Gasteiger partial charge in [0.05, 0.1) is 33.7 Å². The zero-order chi connectivity index (χ0) is 35.9. The first-order chi connectivity index (χ1) is 23.7. The van der Waals surface area contributed by atoms with E-state index in [1.807, 2.05) is 13.8 Å². The van der Waals surface area contributed by atoms with E-state index < -0.39 is 47.1 Å². The average Bonchev–Trinajstić information content (AvgIpc) is 3.74. The Labute approximate surface area is 286 Å². The summed E-state index contributed by atoms with van der Waals surface area (Å²) in [4.78, 5) is 83.4. The van der Waals surface area contributed by atoms with Gasteiger partial charge in [0.2, 0.25) is 0 Å². The predicted octanol–water partition coefficient (Wildman–Crippen LogP) is 6.69. The maximum Gasteiger partial charge on any atom is 0.422 e. The lowest BCUT2D eigenvalue weighted by atomic mass is 9.92. The Morgan fingerprint density at radius 3 is 1.30 bits per heavy atom. The molecule has 12 heteroatoms. The number of hydrogen-bond acceptors (Lipinski definition) is 10. The minimum atomic E-state index is -0.895. The summed E-state index contributed by atoms with van der Waals surface area (Å²) in [5, 5.41) is 0. The zero-order valence-electron chi connectivity index (χ0n) is 28.2. The maximum absolute atomic E-state index is 14.0. The van der Waals surface area contributed by atoms with E-state index in [4.69, 9.17) is 18.9 Å².